The van der Waals surface area contributed by atoms with Gasteiger partial charge >= 0.3 is 0 Å². The summed E-state index contributed by atoms with van der Waals surface area (Å²) in [6.45, 7) is 11.4. The molecule has 2 aromatic carbocycles. The van der Waals surface area contributed by atoms with Crippen molar-refractivity contribution < 1.29 is 24.3 Å². The van der Waals surface area contributed by atoms with E-state index >= 15 is 0 Å². The standard InChI is InChI=1S/C42H44N8O5S2/c1-23(2)37(41(54)50-17-29(51)15-32(50)39(53)44-24(3)26-9-11-27(12-10-26)38-25(4)43-22-56-38)34-16-35(47-55-34)48-18-42(19-48)20-49(21-42)36-14-28-13-31(45-46-40(28)57-36)30-7-5-6-8-33(30)52/h5-14,16,22-24,29,32,37,51-52H,15,17-21H2,1-4H3,(H,44,53)/t24-,29+,32-,37+/m0/s1. The molecular formula is C42H44N8O5S2. The van der Waals surface area contributed by atoms with Crippen LogP contribution >= 0.6 is 22.7 Å². The van der Waals surface area contributed by atoms with Crippen molar-refractivity contribution in [2.24, 2.45) is 11.3 Å². The van der Waals surface area contributed by atoms with Gasteiger partial charge in [0.05, 0.1) is 38.9 Å². The van der Waals surface area contributed by atoms with Crippen LogP contribution in [0.3, 0.4) is 0 Å². The number of thiophene rings is 1. The number of anilines is 2. The number of hydrogen-bond donors (Lipinski definition) is 3. The van der Waals surface area contributed by atoms with Gasteiger partial charge in [-0.1, -0.05) is 66.7 Å². The second-order valence-electron chi connectivity index (χ2n) is 16.1. The van der Waals surface area contributed by atoms with Gasteiger partial charge in [-0.3, -0.25) is 9.59 Å². The molecule has 3 saturated heterocycles. The first-order valence-electron chi connectivity index (χ1n) is 19.3. The van der Waals surface area contributed by atoms with E-state index in [0.717, 1.165) is 63.1 Å². The van der Waals surface area contributed by atoms with Gasteiger partial charge in [0.15, 0.2) is 11.6 Å². The van der Waals surface area contributed by atoms with Crippen molar-refractivity contribution in [3.63, 3.8) is 0 Å². The number of phenols is 1. The lowest BCUT2D eigenvalue weighted by molar-refractivity contribution is -0.141. The molecule has 294 valence electrons. The SMILES string of the molecule is Cc1ncsc1-c1ccc([C@H](C)NC(=O)[C@@H]2C[C@@H](O)CN2C(=O)[C@@H](c2cc(N3CC4(C3)CN(c3cc5cc(-c6ccccc6O)nnc5s3)C4)no2)C(C)C)cc1. The van der Waals surface area contributed by atoms with E-state index in [2.05, 4.69) is 41.5 Å². The summed E-state index contributed by atoms with van der Waals surface area (Å²) in [4.78, 5) is 40.3. The Morgan fingerprint density at radius 1 is 0.982 bits per heavy atom. The molecule has 3 fully saturated rings. The van der Waals surface area contributed by atoms with E-state index in [4.69, 9.17) is 4.52 Å². The normalized spacial score (nSPS) is 19.9. The molecule has 3 N–H and O–H groups in total. The predicted molar refractivity (Wildman–Crippen MR) is 220 cm³/mol. The fourth-order valence-corrected chi connectivity index (χ4v) is 10.3. The lowest BCUT2D eigenvalue weighted by Gasteiger charge is -2.60. The number of aromatic nitrogens is 4. The van der Waals surface area contributed by atoms with E-state index < -0.39 is 18.1 Å². The maximum absolute atomic E-state index is 14.2. The highest BCUT2D eigenvalue weighted by Crippen LogP contribution is 2.47. The van der Waals surface area contributed by atoms with E-state index in [1.54, 1.807) is 34.8 Å². The summed E-state index contributed by atoms with van der Waals surface area (Å²) in [6.07, 6.45) is -0.636. The van der Waals surface area contributed by atoms with Crippen LogP contribution in [0, 0.1) is 18.3 Å². The van der Waals surface area contributed by atoms with Crippen molar-refractivity contribution in [1.29, 1.82) is 0 Å². The average Bonchev–Trinajstić information content (AvgIpc) is 3.97. The molecule has 3 aliphatic rings. The molecule has 13 nitrogen and oxygen atoms in total. The number of rotatable bonds is 10. The van der Waals surface area contributed by atoms with E-state index in [1.807, 2.05) is 81.7 Å². The number of phenolic OH excluding ortho intramolecular Hbond substituents is 1. The molecule has 2 amide bonds. The number of β-amino-alcohol motifs (C(OH)–C–C–N with tert-alkyl or cyclic N) is 1. The van der Waals surface area contributed by atoms with Gasteiger partial charge in [0.25, 0.3) is 0 Å². The number of aliphatic hydroxyl groups is 1. The number of aliphatic hydroxyl groups excluding tert-OH is 1. The van der Waals surface area contributed by atoms with Gasteiger partial charge in [0.2, 0.25) is 11.8 Å². The zero-order chi connectivity index (χ0) is 39.6. The fourth-order valence-electron chi connectivity index (χ4n) is 8.55. The number of nitrogens with zero attached hydrogens (tertiary/aromatic N) is 7. The monoisotopic (exact) mass is 804 g/mol. The van der Waals surface area contributed by atoms with E-state index in [1.165, 1.54) is 4.90 Å². The number of para-hydroxylation sites is 1. The quantitative estimate of drug-likeness (QED) is 0.141. The van der Waals surface area contributed by atoms with Gasteiger partial charge in [0, 0.05) is 61.6 Å². The molecule has 0 saturated carbocycles. The number of aromatic hydroxyl groups is 1. The van der Waals surface area contributed by atoms with Gasteiger partial charge in [-0.2, -0.15) is 0 Å². The first-order chi connectivity index (χ1) is 27.4. The highest BCUT2D eigenvalue weighted by molar-refractivity contribution is 7.22. The van der Waals surface area contributed by atoms with Crippen LogP contribution in [0.15, 0.2) is 76.8 Å². The molecule has 6 aromatic rings. The third-order valence-electron chi connectivity index (χ3n) is 11.6. The highest BCUT2D eigenvalue weighted by Gasteiger charge is 2.53. The number of carbonyl (C=O) groups is 2. The maximum Gasteiger partial charge on any atom is 0.243 e. The van der Waals surface area contributed by atoms with Crippen LogP contribution in [-0.4, -0.2) is 92.1 Å². The van der Waals surface area contributed by atoms with Crippen LogP contribution in [-0.2, 0) is 9.59 Å². The van der Waals surface area contributed by atoms with Gasteiger partial charge < -0.3 is 34.8 Å². The maximum atomic E-state index is 14.2. The molecule has 0 unspecified atom stereocenters. The van der Waals surface area contributed by atoms with Crippen LogP contribution in [0.2, 0.25) is 0 Å². The van der Waals surface area contributed by atoms with Gasteiger partial charge in [-0.05, 0) is 55.2 Å². The lowest BCUT2D eigenvalue weighted by Crippen LogP contribution is -2.72. The molecule has 0 bridgehead atoms. The Bertz CT molecular complexity index is 2450. The minimum absolute atomic E-state index is 0.0771. The van der Waals surface area contributed by atoms with Crippen LogP contribution in [0.5, 0.6) is 5.75 Å². The third-order valence-corrected chi connectivity index (χ3v) is 13.7. The van der Waals surface area contributed by atoms with Crippen LogP contribution in [0.25, 0.3) is 31.9 Å². The number of amides is 2. The Morgan fingerprint density at radius 2 is 1.74 bits per heavy atom. The Balaban J connectivity index is 0.821. The summed E-state index contributed by atoms with van der Waals surface area (Å²) in [5.74, 6) is -0.0124. The predicted octanol–water partition coefficient (Wildman–Crippen LogP) is 6.39. The number of hydrogen-bond acceptors (Lipinski definition) is 13. The first kappa shape index (κ1) is 37.2. The van der Waals surface area contributed by atoms with E-state index in [-0.39, 0.29) is 47.9 Å². The molecule has 9 rings (SSSR count). The van der Waals surface area contributed by atoms with Crippen molar-refractivity contribution >= 4 is 55.5 Å². The summed E-state index contributed by atoms with van der Waals surface area (Å²) in [5, 5.41) is 39.4. The van der Waals surface area contributed by atoms with Crippen molar-refractivity contribution in [1.82, 2.24) is 30.6 Å². The second-order valence-corrected chi connectivity index (χ2v) is 18.0. The molecule has 4 aromatic heterocycles. The number of benzene rings is 2. The fraction of sp³-hybridized carbons (Fsp3) is 0.381. The number of nitrogens with one attached hydrogen (secondary N) is 1. The van der Waals surface area contributed by atoms with E-state index in [9.17, 15) is 19.8 Å². The summed E-state index contributed by atoms with van der Waals surface area (Å²) >= 11 is 3.21. The molecular weight excluding hydrogens is 761 g/mol. The van der Waals surface area contributed by atoms with Crippen molar-refractivity contribution in [2.75, 3.05) is 42.5 Å². The van der Waals surface area contributed by atoms with Crippen LogP contribution in [0.1, 0.15) is 56.2 Å². The van der Waals surface area contributed by atoms with Crippen molar-refractivity contribution in [2.45, 2.75) is 58.2 Å². The Kier molecular flexibility index (Phi) is 9.48. The largest absolute Gasteiger partial charge is 0.507 e. The number of aryl methyl sites for hydroxylation is 1. The molecule has 7 heterocycles. The van der Waals surface area contributed by atoms with Gasteiger partial charge in [-0.25, -0.2) is 4.98 Å². The zero-order valence-electron chi connectivity index (χ0n) is 32.1. The Morgan fingerprint density at radius 3 is 2.46 bits per heavy atom. The van der Waals surface area contributed by atoms with Gasteiger partial charge in [0.1, 0.15) is 22.5 Å². The lowest BCUT2D eigenvalue weighted by atomic mass is 9.73. The van der Waals surface area contributed by atoms with Crippen LogP contribution < -0.4 is 15.1 Å². The zero-order valence-corrected chi connectivity index (χ0v) is 33.8. The summed E-state index contributed by atoms with van der Waals surface area (Å²) < 4.78 is 5.86. The minimum Gasteiger partial charge on any atom is -0.507 e. The highest BCUT2D eigenvalue weighted by atomic mass is 32.1. The Hall–Kier alpha value is -5.38. The number of likely N-dealkylation sites (tertiary alicyclic amines) is 1. The Labute approximate surface area is 338 Å². The molecule has 4 atom stereocenters. The second kappa shape index (κ2) is 14.5. The molecule has 57 heavy (non-hydrogen) atoms. The molecule has 1 spiro atoms. The number of fused-ring (bicyclic) bond motifs is 1. The van der Waals surface area contributed by atoms with Gasteiger partial charge in [-0.15, -0.1) is 21.5 Å². The molecule has 3 aliphatic heterocycles. The smallest absolute Gasteiger partial charge is 0.243 e. The van der Waals surface area contributed by atoms with Crippen molar-refractivity contribution in [3.8, 4) is 27.4 Å². The minimum atomic E-state index is -0.805. The third kappa shape index (κ3) is 6.91. The molecule has 0 radical (unpaired) electrons. The number of carbonyl (C=O) groups excluding carboxylic acids is 2. The molecule has 0 aliphatic carbocycles. The summed E-state index contributed by atoms with van der Waals surface area (Å²) in [6, 6.07) is 20.1. The average molecular weight is 805 g/mol. The van der Waals surface area contributed by atoms with E-state index in [0.29, 0.717) is 22.8 Å². The van der Waals surface area contributed by atoms with Crippen LogP contribution in [0.4, 0.5) is 10.8 Å². The van der Waals surface area contributed by atoms with Crippen molar-refractivity contribution in [3.05, 3.63) is 89.3 Å². The number of thiazole rings is 1. The topological polar surface area (TPSA) is 161 Å². The summed E-state index contributed by atoms with van der Waals surface area (Å²) in [5.41, 5.74) is 6.28. The summed E-state index contributed by atoms with van der Waals surface area (Å²) in [7, 11) is 0. The molecule has 15 heteroatoms. The first-order valence-corrected chi connectivity index (χ1v) is 21.0.